The second-order valence-electron chi connectivity index (χ2n) is 8.68. The third-order valence-corrected chi connectivity index (χ3v) is 6.38. The van der Waals surface area contributed by atoms with E-state index in [1.807, 2.05) is 91.0 Å². The molecule has 5 nitrogen and oxygen atoms in total. The zero-order valence-corrected chi connectivity index (χ0v) is 20.3. The molecule has 0 aliphatic heterocycles. The first-order chi connectivity index (χ1) is 15.6. The SMILES string of the molecule is C=C(C)C(=O)OP(=O)(OC(C)(C)C)OC(c1ccccc1)(c1ccccc1)c1ccccc1. The van der Waals surface area contributed by atoms with Gasteiger partial charge in [-0.15, -0.1) is 0 Å². The zero-order chi connectivity index (χ0) is 24.1. The Balaban J connectivity index is 2.31. The summed E-state index contributed by atoms with van der Waals surface area (Å²) in [7, 11) is -4.48. The van der Waals surface area contributed by atoms with Crippen LogP contribution in [0.5, 0.6) is 0 Å². The molecule has 3 rings (SSSR count). The Morgan fingerprint density at radius 1 is 0.727 bits per heavy atom. The summed E-state index contributed by atoms with van der Waals surface area (Å²) in [4.78, 5) is 12.5. The first kappa shape index (κ1) is 24.7. The maximum Gasteiger partial charge on any atom is 0.534 e. The van der Waals surface area contributed by atoms with Gasteiger partial charge < -0.3 is 4.52 Å². The molecule has 0 fully saturated rings. The van der Waals surface area contributed by atoms with Gasteiger partial charge >= 0.3 is 13.8 Å². The minimum atomic E-state index is -4.48. The summed E-state index contributed by atoms with van der Waals surface area (Å²) in [5, 5.41) is 0. The molecule has 0 aliphatic rings. The third-order valence-electron chi connectivity index (χ3n) is 4.72. The fraction of sp³-hybridized carbons (Fsp3) is 0.222. The first-order valence-corrected chi connectivity index (χ1v) is 12.1. The van der Waals surface area contributed by atoms with Crippen molar-refractivity contribution in [3.8, 4) is 0 Å². The van der Waals surface area contributed by atoms with Crippen LogP contribution in [-0.4, -0.2) is 11.6 Å². The average molecular weight is 464 g/mol. The summed E-state index contributed by atoms with van der Waals surface area (Å²) in [5.41, 5.74) is -0.133. The van der Waals surface area contributed by atoms with Gasteiger partial charge in [0, 0.05) is 5.57 Å². The molecule has 6 heteroatoms. The van der Waals surface area contributed by atoms with Gasteiger partial charge in [-0.25, -0.2) is 9.36 Å². The van der Waals surface area contributed by atoms with E-state index in [1.54, 1.807) is 20.8 Å². The quantitative estimate of drug-likeness (QED) is 0.203. The van der Waals surface area contributed by atoms with Crippen LogP contribution in [0.4, 0.5) is 0 Å². The van der Waals surface area contributed by atoms with Gasteiger partial charge in [0.05, 0.1) is 5.60 Å². The fourth-order valence-corrected chi connectivity index (χ4v) is 5.21. The van der Waals surface area contributed by atoms with Crippen LogP contribution in [-0.2, 0) is 28.5 Å². The summed E-state index contributed by atoms with van der Waals surface area (Å²) >= 11 is 0. The molecule has 0 aliphatic carbocycles. The lowest BCUT2D eigenvalue weighted by molar-refractivity contribution is -0.133. The average Bonchev–Trinajstić information content (AvgIpc) is 2.78. The van der Waals surface area contributed by atoms with Crippen molar-refractivity contribution in [3.63, 3.8) is 0 Å². The maximum atomic E-state index is 14.2. The number of hydrogen-bond acceptors (Lipinski definition) is 5. The molecule has 0 saturated carbocycles. The smallest absolute Gasteiger partial charge is 0.367 e. The Labute approximate surface area is 195 Å². The van der Waals surface area contributed by atoms with Crippen molar-refractivity contribution in [2.45, 2.75) is 38.9 Å². The van der Waals surface area contributed by atoms with Crippen LogP contribution in [0.1, 0.15) is 44.4 Å². The van der Waals surface area contributed by atoms with Crippen LogP contribution < -0.4 is 0 Å². The Morgan fingerprint density at radius 2 is 1.09 bits per heavy atom. The van der Waals surface area contributed by atoms with Crippen molar-refractivity contribution in [1.29, 1.82) is 0 Å². The van der Waals surface area contributed by atoms with Crippen LogP contribution in [0.2, 0.25) is 0 Å². The summed E-state index contributed by atoms with van der Waals surface area (Å²) in [6.45, 7) is 10.2. The van der Waals surface area contributed by atoms with Crippen molar-refractivity contribution in [2.75, 3.05) is 0 Å². The number of rotatable bonds is 8. The zero-order valence-electron chi connectivity index (χ0n) is 19.4. The van der Waals surface area contributed by atoms with Gasteiger partial charge in [0.15, 0.2) is 5.60 Å². The van der Waals surface area contributed by atoms with E-state index in [-0.39, 0.29) is 5.57 Å². The number of benzene rings is 3. The van der Waals surface area contributed by atoms with E-state index in [2.05, 4.69) is 6.58 Å². The standard InChI is InChI=1S/C27H29O5P/c1-21(2)25(28)30-33(29,31-26(3,4)5)32-27(22-15-9-6-10-16-22,23-17-11-7-12-18-23)24-19-13-8-14-20-24/h6-20H,1H2,2-5H3. The number of hydrogen-bond donors (Lipinski definition) is 0. The topological polar surface area (TPSA) is 61.8 Å². The Kier molecular flexibility index (Phi) is 7.38. The Morgan fingerprint density at radius 3 is 1.39 bits per heavy atom. The number of phosphoric ester groups is 1. The van der Waals surface area contributed by atoms with Crippen molar-refractivity contribution in [2.24, 2.45) is 0 Å². The summed E-state index contributed by atoms with van der Waals surface area (Å²) < 4.78 is 31.8. The van der Waals surface area contributed by atoms with Gasteiger partial charge in [-0.05, 0) is 44.4 Å². The van der Waals surface area contributed by atoms with E-state index in [4.69, 9.17) is 13.6 Å². The third kappa shape index (κ3) is 5.88. The van der Waals surface area contributed by atoms with Crippen molar-refractivity contribution in [1.82, 2.24) is 0 Å². The molecule has 0 spiro atoms. The molecule has 0 heterocycles. The molecule has 3 aromatic carbocycles. The summed E-state index contributed by atoms with van der Waals surface area (Å²) in [6, 6.07) is 28.1. The molecule has 0 bridgehead atoms. The van der Waals surface area contributed by atoms with E-state index in [0.717, 1.165) is 0 Å². The largest absolute Gasteiger partial charge is 0.534 e. The predicted octanol–water partition coefficient (Wildman–Crippen LogP) is 7.04. The minimum Gasteiger partial charge on any atom is -0.367 e. The molecule has 0 amide bonds. The van der Waals surface area contributed by atoms with Gasteiger partial charge in [-0.1, -0.05) is 97.6 Å². The van der Waals surface area contributed by atoms with Crippen LogP contribution in [0, 0.1) is 0 Å². The number of carbonyl (C=O) groups is 1. The molecule has 1 atom stereocenters. The van der Waals surface area contributed by atoms with Gasteiger partial charge in [-0.3, -0.25) is 9.05 Å². The molecule has 0 saturated heterocycles. The number of carbonyl (C=O) groups excluding carboxylic acids is 1. The minimum absolute atomic E-state index is 0.0843. The molecular weight excluding hydrogens is 435 g/mol. The highest BCUT2D eigenvalue weighted by atomic mass is 31.2. The second kappa shape index (κ2) is 9.88. The molecule has 1 unspecified atom stereocenters. The van der Waals surface area contributed by atoms with Crippen molar-refractivity contribution >= 4 is 13.8 Å². The molecule has 0 N–H and O–H groups in total. The monoisotopic (exact) mass is 464 g/mol. The van der Waals surface area contributed by atoms with Gasteiger partial charge in [0.2, 0.25) is 0 Å². The highest BCUT2D eigenvalue weighted by molar-refractivity contribution is 7.49. The Hall–Kier alpha value is -2.98. The van der Waals surface area contributed by atoms with E-state index in [0.29, 0.717) is 16.7 Å². The highest BCUT2D eigenvalue weighted by Crippen LogP contribution is 2.60. The van der Waals surface area contributed by atoms with Crippen molar-refractivity contribution < 1.29 is 22.9 Å². The predicted molar refractivity (Wildman–Crippen MR) is 130 cm³/mol. The van der Waals surface area contributed by atoms with E-state index in [9.17, 15) is 9.36 Å². The molecule has 3 aromatic rings. The van der Waals surface area contributed by atoms with Crippen LogP contribution in [0.3, 0.4) is 0 Å². The van der Waals surface area contributed by atoms with Gasteiger partial charge in [0.1, 0.15) is 0 Å². The van der Waals surface area contributed by atoms with Crippen molar-refractivity contribution in [3.05, 3.63) is 120 Å². The maximum absolute atomic E-state index is 14.2. The summed E-state index contributed by atoms with van der Waals surface area (Å²) in [5.74, 6) is -0.856. The fourth-order valence-electron chi connectivity index (χ4n) is 3.42. The van der Waals surface area contributed by atoms with E-state index < -0.39 is 25.0 Å². The van der Waals surface area contributed by atoms with Gasteiger partial charge in [-0.2, -0.15) is 0 Å². The van der Waals surface area contributed by atoms with E-state index >= 15 is 0 Å². The lowest BCUT2D eigenvalue weighted by Crippen LogP contribution is -2.34. The molecule has 0 aromatic heterocycles. The van der Waals surface area contributed by atoms with Crippen LogP contribution in [0.25, 0.3) is 0 Å². The summed E-state index contributed by atoms with van der Waals surface area (Å²) in [6.07, 6.45) is 0. The molecule has 0 radical (unpaired) electrons. The Bertz CT molecular complexity index is 1040. The molecule has 33 heavy (non-hydrogen) atoms. The lowest BCUT2D eigenvalue weighted by atomic mass is 9.80. The first-order valence-electron chi connectivity index (χ1n) is 10.6. The van der Waals surface area contributed by atoms with Crippen LogP contribution in [0.15, 0.2) is 103 Å². The van der Waals surface area contributed by atoms with E-state index in [1.165, 1.54) is 6.92 Å². The highest BCUT2D eigenvalue weighted by Gasteiger charge is 2.49. The number of phosphoric acid groups is 1. The lowest BCUT2D eigenvalue weighted by Gasteiger charge is -2.38. The van der Waals surface area contributed by atoms with Crippen LogP contribution >= 0.6 is 7.82 Å². The van der Waals surface area contributed by atoms with Gasteiger partial charge in [0.25, 0.3) is 0 Å². The molecule has 172 valence electrons. The molecular formula is C27H29O5P. The second-order valence-corrected chi connectivity index (χ2v) is 10.1. The normalized spacial score (nSPS) is 13.7.